The van der Waals surface area contributed by atoms with E-state index in [1.807, 2.05) is 12.1 Å². The van der Waals surface area contributed by atoms with Crippen LogP contribution in [0.15, 0.2) is 18.2 Å². The molecule has 0 N–H and O–H groups in total. The van der Waals surface area contributed by atoms with E-state index < -0.39 is 0 Å². The first-order valence-electron chi connectivity index (χ1n) is 4.66. The van der Waals surface area contributed by atoms with Crippen molar-refractivity contribution in [3.63, 3.8) is 0 Å². The van der Waals surface area contributed by atoms with Crippen molar-refractivity contribution in [2.24, 2.45) is 5.92 Å². The Kier molecular flexibility index (Phi) is 3.24. The molecule has 0 amide bonds. The summed E-state index contributed by atoms with van der Waals surface area (Å²) in [6, 6.07) is 5.41. The van der Waals surface area contributed by atoms with Gasteiger partial charge in [0, 0.05) is 16.0 Å². The Labute approximate surface area is 103 Å². The number of halogens is 3. The number of carbonyl (C=O) groups is 1. The summed E-state index contributed by atoms with van der Waals surface area (Å²) in [5.41, 5.74) is 1.04. The molecule has 0 aromatic heterocycles. The average molecular weight is 264 g/mol. The summed E-state index contributed by atoms with van der Waals surface area (Å²) < 4.78 is 0. The number of rotatable bonds is 3. The number of alkyl halides is 1. The minimum Gasteiger partial charge on any atom is -0.298 e. The van der Waals surface area contributed by atoms with E-state index in [0.29, 0.717) is 10.0 Å². The number of ketones is 1. The van der Waals surface area contributed by atoms with Crippen molar-refractivity contribution in [2.45, 2.75) is 12.3 Å². The maximum Gasteiger partial charge on any atom is 0.151 e. The number of hydrogen-bond acceptors (Lipinski definition) is 1. The predicted molar refractivity (Wildman–Crippen MR) is 63.0 cm³/mol. The largest absolute Gasteiger partial charge is 0.298 e. The van der Waals surface area contributed by atoms with Gasteiger partial charge < -0.3 is 0 Å². The zero-order valence-electron chi connectivity index (χ0n) is 7.84. The maximum absolute atomic E-state index is 11.3. The highest BCUT2D eigenvalue weighted by Crippen LogP contribution is 2.49. The van der Waals surface area contributed by atoms with Gasteiger partial charge in [-0.2, -0.15) is 0 Å². The van der Waals surface area contributed by atoms with Crippen LogP contribution >= 0.6 is 34.8 Å². The third-order valence-corrected chi connectivity index (χ3v) is 3.35. The number of hydrogen-bond donors (Lipinski definition) is 0. The van der Waals surface area contributed by atoms with Gasteiger partial charge in [0.1, 0.15) is 0 Å². The number of Topliss-reactive ketones (excluding diaryl/α,β-unsaturated/α-hetero) is 1. The van der Waals surface area contributed by atoms with E-state index in [1.165, 1.54) is 0 Å². The van der Waals surface area contributed by atoms with E-state index >= 15 is 0 Å². The highest BCUT2D eigenvalue weighted by atomic mass is 35.5. The van der Waals surface area contributed by atoms with Crippen LogP contribution in [0.2, 0.25) is 10.0 Å². The molecule has 2 atom stereocenters. The summed E-state index contributed by atoms with van der Waals surface area (Å²) >= 11 is 17.3. The molecule has 0 spiro atoms. The molecule has 1 aromatic rings. The monoisotopic (exact) mass is 262 g/mol. The molecule has 1 nitrogen and oxygen atoms in total. The SMILES string of the molecule is O=C(CCl)C1CC1c1cc(Cl)cc(Cl)c1. The van der Waals surface area contributed by atoms with Crippen molar-refractivity contribution in [1.82, 2.24) is 0 Å². The van der Waals surface area contributed by atoms with Crippen LogP contribution in [-0.2, 0) is 4.79 Å². The maximum atomic E-state index is 11.3. The van der Waals surface area contributed by atoms with Gasteiger partial charge in [-0.3, -0.25) is 4.79 Å². The molecule has 0 bridgehead atoms. The van der Waals surface area contributed by atoms with Crippen molar-refractivity contribution in [2.75, 3.05) is 5.88 Å². The Hall–Kier alpha value is -0.240. The molecule has 0 heterocycles. The van der Waals surface area contributed by atoms with Crippen LogP contribution in [-0.4, -0.2) is 11.7 Å². The van der Waals surface area contributed by atoms with Gasteiger partial charge in [0.2, 0.25) is 0 Å². The quantitative estimate of drug-likeness (QED) is 0.756. The molecule has 1 fully saturated rings. The van der Waals surface area contributed by atoms with Crippen LogP contribution in [0.4, 0.5) is 0 Å². The lowest BCUT2D eigenvalue weighted by molar-refractivity contribution is -0.117. The van der Waals surface area contributed by atoms with E-state index in [1.54, 1.807) is 6.07 Å². The molecule has 0 radical (unpaired) electrons. The van der Waals surface area contributed by atoms with Crippen molar-refractivity contribution in [3.05, 3.63) is 33.8 Å². The van der Waals surface area contributed by atoms with E-state index in [9.17, 15) is 4.79 Å². The standard InChI is InChI=1S/C11H9Cl3O/c12-5-11(15)10-4-9(10)6-1-7(13)3-8(14)2-6/h1-3,9-10H,4-5H2. The second-order valence-electron chi connectivity index (χ2n) is 3.75. The van der Waals surface area contributed by atoms with Crippen LogP contribution in [0, 0.1) is 5.92 Å². The zero-order chi connectivity index (χ0) is 11.0. The van der Waals surface area contributed by atoms with Gasteiger partial charge in [0.25, 0.3) is 0 Å². The molecule has 1 aromatic carbocycles. The topological polar surface area (TPSA) is 17.1 Å². The highest BCUT2D eigenvalue weighted by molar-refractivity contribution is 6.34. The zero-order valence-corrected chi connectivity index (χ0v) is 10.1. The third-order valence-electron chi connectivity index (χ3n) is 2.65. The summed E-state index contributed by atoms with van der Waals surface area (Å²) in [5, 5.41) is 1.22. The lowest BCUT2D eigenvalue weighted by atomic mass is 10.1. The van der Waals surface area contributed by atoms with Gasteiger partial charge in [-0.15, -0.1) is 11.6 Å². The second kappa shape index (κ2) is 4.32. The number of benzene rings is 1. The first kappa shape index (κ1) is 11.3. The molecule has 0 saturated heterocycles. The Morgan fingerprint density at radius 2 is 1.87 bits per heavy atom. The molecular weight excluding hydrogens is 254 g/mol. The second-order valence-corrected chi connectivity index (χ2v) is 4.89. The molecule has 15 heavy (non-hydrogen) atoms. The smallest absolute Gasteiger partial charge is 0.151 e. The van der Waals surface area contributed by atoms with E-state index in [2.05, 4.69) is 0 Å². The van der Waals surface area contributed by atoms with Crippen LogP contribution in [0.25, 0.3) is 0 Å². The van der Waals surface area contributed by atoms with Crippen LogP contribution in [0.5, 0.6) is 0 Å². The highest BCUT2D eigenvalue weighted by Gasteiger charge is 2.43. The molecule has 2 unspecified atom stereocenters. The van der Waals surface area contributed by atoms with E-state index in [4.69, 9.17) is 34.8 Å². The predicted octanol–water partition coefficient (Wildman–Crippen LogP) is 3.90. The first-order valence-corrected chi connectivity index (χ1v) is 5.95. The Morgan fingerprint density at radius 3 is 2.40 bits per heavy atom. The number of carbonyl (C=O) groups excluding carboxylic acids is 1. The third kappa shape index (κ3) is 2.47. The minimum absolute atomic E-state index is 0.0667. The first-order chi connectivity index (χ1) is 7.11. The summed E-state index contributed by atoms with van der Waals surface area (Å²) in [5.74, 6) is 0.525. The Bertz CT molecular complexity index is 383. The molecule has 2 rings (SSSR count). The van der Waals surface area contributed by atoms with Gasteiger partial charge in [0.15, 0.2) is 5.78 Å². The van der Waals surface area contributed by atoms with E-state index in [0.717, 1.165) is 12.0 Å². The van der Waals surface area contributed by atoms with Crippen LogP contribution in [0.3, 0.4) is 0 Å². The fourth-order valence-electron chi connectivity index (χ4n) is 1.81. The molecule has 80 valence electrons. The van der Waals surface area contributed by atoms with Crippen LogP contribution < -0.4 is 0 Å². The molecule has 1 saturated carbocycles. The van der Waals surface area contributed by atoms with Gasteiger partial charge in [-0.25, -0.2) is 0 Å². The molecule has 1 aliphatic rings. The average Bonchev–Trinajstić information content (AvgIpc) is 2.94. The van der Waals surface area contributed by atoms with E-state index in [-0.39, 0.29) is 23.5 Å². The Morgan fingerprint density at radius 1 is 1.27 bits per heavy atom. The summed E-state index contributed by atoms with van der Waals surface area (Å²) in [6.45, 7) is 0. The minimum atomic E-state index is 0.0667. The van der Waals surface area contributed by atoms with Crippen molar-refractivity contribution < 1.29 is 4.79 Å². The molecular formula is C11H9Cl3O. The Balaban J connectivity index is 2.16. The van der Waals surface area contributed by atoms with Crippen molar-refractivity contribution >= 4 is 40.6 Å². The van der Waals surface area contributed by atoms with Gasteiger partial charge in [-0.1, -0.05) is 23.2 Å². The van der Waals surface area contributed by atoms with Gasteiger partial charge in [-0.05, 0) is 36.1 Å². The van der Waals surface area contributed by atoms with Crippen molar-refractivity contribution in [3.8, 4) is 0 Å². The van der Waals surface area contributed by atoms with Gasteiger partial charge in [0.05, 0.1) is 5.88 Å². The molecule has 4 heteroatoms. The van der Waals surface area contributed by atoms with Crippen molar-refractivity contribution in [1.29, 1.82) is 0 Å². The van der Waals surface area contributed by atoms with Crippen LogP contribution in [0.1, 0.15) is 17.9 Å². The molecule has 1 aliphatic carbocycles. The van der Waals surface area contributed by atoms with Gasteiger partial charge >= 0.3 is 0 Å². The summed E-state index contributed by atoms with van der Waals surface area (Å²) in [4.78, 5) is 11.3. The lowest BCUT2D eigenvalue weighted by Crippen LogP contribution is -2.03. The molecule has 0 aliphatic heterocycles. The fourth-order valence-corrected chi connectivity index (χ4v) is 2.55. The lowest BCUT2D eigenvalue weighted by Gasteiger charge is -2.01. The fraction of sp³-hybridized carbons (Fsp3) is 0.364. The summed E-state index contributed by atoms with van der Waals surface area (Å²) in [7, 11) is 0. The normalized spacial score (nSPS) is 23.9. The summed E-state index contributed by atoms with van der Waals surface area (Å²) in [6.07, 6.45) is 0.863.